The van der Waals surface area contributed by atoms with Crippen LogP contribution in [0.2, 0.25) is 0 Å². The average Bonchev–Trinajstić information content (AvgIpc) is 2.60. The van der Waals surface area contributed by atoms with E-state index in [0.29, 0.717) is 24.8 Å². The maximum atomic E-state index is 9.56. The smallest absolute Gasteiger partial charge is 0.115 e. The Balaban J connectivity index is 1.68. The lowest BCUT2D eigenvalue weighted by Gasteiger charge is -2.34. The molecule has 0 unspecified atom stereocenters. The summed E-state index contributed by atoms with van der Waals surface area (Å²) in [6, 6.07) is 15.7. The van der Waals surface area contributed by atoms with Gasteiger partial charge in [-0.15, -0.1) is 0 Å². The van der Waals surface area contributed by atoms with Gasteiger partial charge in [-0.05, 0) is 48.6 Å². The predicted octanol–water partition coefficient (Wildman–Crippen LogP) is 3.21. The van der Waals surface area contributed by atoms with E-state index in [4.69, 9.17) is 0 Å². The fourth-order valence-corrected chi connectivity index (χ4v) is 3.12. The number of piperidine rings is 1. The third-order valence-corrected chi connectivity index (χ3v) is 4.51. The summed E-state index contributed by atoms with van der Waals surface area (Å²) in [6.45, 7) is 2.94. The van der Waals surface area contributed by atoms with Gasteiger partial charge in [-0.3, -0.25) is 0 Å². The first-order valence-electron chi connectivity index (χ1n) is 8.23. The molecule has 0 radical (unpaired) electrons. The topological polar surface area (TPSA) is 55.7 Å². The Labute approximate surface area is 137 Å². The number of benzene rings is 2. The minimum absolute atomic E-state index is 0.295. The number of para-hydroxylation sites is 2. The Bertz CT molecular complexity index is 637. The van der Waals surface area contributed by atoms with Crippen molar-refractivity contribution in [2.45, 2.75) is 19.4 Å². The second-order valence-corrected chi connectivity index (χ2v) is 6.15. The van der Waals surface area contributed by atoms with Crippen LogP contribution in [0, 0.1) is 5.92 Å². The molecule has 0 bridgehead atoms. The molecule has 1 heterocycles. The summed E-state index contributed by atoms with van der Waals surface area (Å²) in [5, 5.41) is 22.3. The fourth-order valence-electron chi connectivity index (χ4n) is 3.12. The summed E-state index contributed by atoms with van der Waals surface area (Å²) < 4.78 is 0. The molecule has 1 fully saturated rings. The summed E-state index contributed by atoms with van der Waals surface area (Å²) in [4.78, 5) is 2.39. The summed E-state index contributed by atoms with van der Waals surface area (Å²) >= 11 is 0. The van der Waals surface area contributed by atoms with Gasteiger partial charge in [-0.2, -0.15) is 0 Å². The zero-order valence-electron chi connectivity index (χ0n) is 13.3. The molecule has 0 saturated carbocycles. The third-order valence-electron chi connectivity index (χ3n) is 4.51. The number of rotatable bonds is 5. The van der Waals surface area contributed by atoms with Crippen molar-refractivity contribution < 1.29 is 10.2 Å². The highest BCUT2D eigenvalue weighted by atomic mass is 16.3. The van der Waals surface area contributed by atoms with Crippen molar-refractivity contribution in [2.75, 3.05) is 29.9 Å². The molecule has 3 N–H and O–H groups in total. The van der Waals surface area contributed by atoms with Gasteiger partial charge in [0.25, 0.3) is 0 Å². The molecule has 2 aromatic rings. The van der Waals surface area contributed by atoms with Crippen LogP contribution >= 0.6 is 0 Å². The van der Waals surface area contributed by atoms with Crippen LogP contribution in [0.25, 0.3) is 0 Å². The minimum atomic E-state index is 0.295. The number of hydrogen-bond acceptors (Lipinski definition) is 4. The Hall–Kier alpha value is -2.20. The molecule has 1 saturated heterocycles. The zero-order valence-corrected chi connectivity index (χ0v) is 13.3. The number of anilines is 2. The van der Waals surface area contributed by atoms with E-state index in [1.54, 1.807) is 12.1 Å². The first-order chi connectivity index (χ1) is 11.3. The Morgan fingerprint density at radius 1 is 1.04 bits per heavy atom. The van der Waals surface area contributed by atoms with Gasteiger partial charge in [-0.1, -0.05) is 24.3 Å². The van der Waals surface area contributed by atoms with Gasteiger partial charge in [0.1, 0.15) is 5.75 Å². The molecule has 4 heteroatoms. The predicted molar refractivity (Wildman–Crippen MR) is 93.9 cm³/mol. The Kier molecular flexibility index (Phi) is 5.03. The number of hydrogen-bond donors (Lipinski definition) is 3. The molecule has 0 atom stereocenters. The summed E-state index contributed by atoms with van der Waals surface area (Å²) in [5.41, 5.74) is 3.38. The number of nitrogens with zero attached hydrogens (tertiary/aromatic N) is 1. The van der Waals surface area contributed by atoms with Crippen molar-refractivity contribution in [3.05, 3.63) is 54.1 Å². The molecular weight excluding hydrogens is 288 g/mol. The fraction of sp³-hybridized carbons (Fsp3) is 0.368. The van der Waals surface area contributed by atoms with Crippen LogP contribution in [0.4, 0.5) is 11.4 Å². The molecule has 122 valence electrons. The molecular formula is C19H24N2O2. The Morgan fingerprint density at radius 2 is 1.83 bits per heavy atom. The SMILES string of the molecule is OCC1CCN(c2ccccc2NCc2cccc(O)c2)CC1. The highest BCUT2D eigenvalue weighted by molar-refractivity contribution is 5.70. The molecule has 23 heavy (non-hydrogen) atoms. The van der Waals surface area contributed by atoms with Crippen LogP contribution in [-0.2, 0) is 6.54 Å². The molecule has 1 aliphatic rings. The number of nitrogens with one attached hydrogen (secondary N) is 1. The second-order valence-electron chi connectivity index (χ2n) is 6.15. The first-order valence-corrected chi connectivity index (χ1v) is 8.23. The van der Waals surface area contributed by atoms with E-state index in [9.17, 15) is 10.2 Å². The van der Waals surface area contributed by atoms with Crippen LogP contribution in [0.15, 0.2) is 48.5 Å². The number of aromatic hydroxyl groups is 1. The van der Waals surface area contributed by atoms with Crippen molar-refractivity contribution in [1.29, 1.82) is 0 Å². The van der Waals surface area contributed by atoms with Gasteiger partial charge < -0.3 is 20.4 Å². The van der Waals surface area contributed by atoms with Crippen LogP contribution < -0.4 is 10.2 Å². The summed E-state index contributed by atoms with van der Waals surface area (Å²) in [7, 11) is 0. The van der Waals surface area contributed by atoms with Crippen molar-refractivity contribution in [2.24, 2.45) is 5.92 Å². The standard InChI is InChI=1S/C19H24N2O2/c22-14-15-8-10-21(11-9-15)19-7-2-1-6-18(19)20-13-16-4-3-5-17(23)12-16/h1-7,12,15,20,22-23H,8-11,13-14H2. The highest BCUT2D eigenvalue weighted by Gasteiger charge is 2.20. The minimum Gasteiger partial charge on any atom is -0.508 e. The number of aliphatic hydroxyl groups is 1. The number of phenols is 1. The molecule has 1 aliphatic heterocycles. The van der Waals surface area contributed by atoms with E-state index < -0.39 is 0 Å². The molecule has 0 aromatic heterocycles. The van der Waals surface area contributed by atoms with Gasteiger partial charge in [0, 0.05) is 26.2 Å². The van der Waals surface area contributed by atoms with Crippen molar-refractivity contribution >= 4 is 11.4 Å². The van der Waals surface area contributed by atoms with Gasteiger partial charge in [-0.25, -0.2) is 0 Å². The van der Waals surface area contributed by atoms with Gasteiger partial charge >= 0.3 is 0 Å². The van der Waals surface area contributed by atoms with Crippen molar-refractivity contribution in [3.8, 4) is 5.75 Å². The van der Waals surface area contributed by atoms with Gasteiger partial charge in [0.2, 0.25) is 0 Å². The van der Waals surface area contributed by atoms with Gasteiger partial charge in [0.05, 0.1) is 11.4 Å². The quantitative estimate of drug-likeness (QED) is 0.793. The number of aliphatic hydroxyl groups excluding tert-OH is 1. The van der Waals surface area contributed by atoms with Crippen molar-refractivity contribution in [1.82, 2.24) is 0 Å². The van der Waals surface area contributed by atoms with E-state index in [-0.39, 0.29) is 0 Å². The zero-order chi connectivity index (χ0) is 16.1. The van der Waals surface area contributed by atoms with E-state index in [0.717, 1.165) is 37.2 Å². The third kappa shape index (κ3) is 3.96. The lowest BCUT2D eigenvalue weighted by atomic mass is 9.97. The monoisotopic (exact) mass is 312 g/mol. The van der Waals surface area contributed by atoms with Crippen LogP contribution in [0.5, 0.6) is 5.75 Å². The lowest BCUT2D eigenvalue weighted by Crippen LogP contribution is -2.35. The van der Waals surface area contributed by atoms with Crippen LogP contribution in [0.1, 0.15) is 18.4 Å². The molecule has 4 nitrogen and oxygen atoms in total. The second kappa shape index (κ2) is 7.38. The maximum Gasteiger partial charge on any atom is 0.115 e. The van der Waals surface area contributed by atoms with Crippen LogP contribution in [0.3, 0.4) is 0 Å². The van der Waals surface area contributed by atoms with E-state index >= 15 is 0 Å². The molecule has 0 spiro atoms. The maximum absolute atomic E-state index is 9.56. The van der Waals surface area contributed by atoms with E-state index in [1.165, 1.54) is 5.69 Å². The highest BCUT2D eigenvalue weighted by Crippen LogP contribution is 2.30. The summed E-state index contributed by atoms with van der Waals surface area (Å²) in [5.74, 6) is 0.738. The molecule has 3 rings (SSSR count). The van der Waals surface area contributed by atoms with Crippen LogP contribution in [-0.4, -0.2) is 29.9 Å². The Morgan fingerprint density at radius 3 is 2.57 bits per heavy atom. The first kappa shape index (κ1) is 15.7. The molecule has 0 aliphatic carbocycles. The number of phenolic OH excluding ortho intramolecular Hbond substituents is 1. The molecule has 2 aromatic carbocycles. The summed E-state index contributed by atoms with van der Waals surface area (Å²) in [6.07, 6.45) is 2.08. The normalized spacial score (nSPS) is 15.6. The lowest BCUT2D eigenvalue weighted by molar-refractivity contribution is 0.203. The van der Waals surface area contributed by atoms with E-state index in [2.05, 4.69) is 28.4 Å². The molecule has 0 amide bonds. The average molecular weight is 312 g/mol. The largest absolute Gasteiger partial charge is 0.508 e. The van der Waals surface area contributed by atoms with E-state index in [1.807, 2.05) is 18.2 Å². The van der Waals surface area contributed by atoms with Gasteiger partial charge in [0.15, 0.2) is 0 Å². The van der Waals surface area contributed by atoms with Crippen molar-refractivity contribution in [3.63, 3.8) is 0 Å².